The number of nitrogens with one attached hydrogen (secondary N) is 1. The summed E-state index contributed by atoms with van der Waals surface area (Å²) >= 11 is 0. The summed E-state index contributed by atoms with van der Waals surface area (Å²) in [5, 5.41) is 3.28. The highest BCUT2D eigenvalue weighted by Crippen LogP contribution is 2.31. The lowest BCUT2D eigenvalue weighted by Gasteiger charge is -2.16. The number of fused-ring (bicyclic) bond motifs is 1. The van der Waals surface area contributed by atoms with Gasteiger partial charge in [-0.05, 0) is 30.2 Å². The summed E-state index contributed by atoms with van der Waals surface area (Å²) in [7, 11) is 3.82. The van der Waals surface area contributed by atoms with Gasteiger partial charge >= 0.3 is 0 Å². The van der Waals surface area contributed by atoms with E-state index in [1.165, 1.54) is 0 Å². The van der Waals surface area contributed by atoms with Crippen LogP contribution in [-0.4, -0.2) is 41.5 Å². The van der Waals surface area contributed by atoms with Gasteiger partial charge in [0.1, 0.15) is 5.82 Å². The second-order valence-corrected chi connectivity index (χ2v) is 6.76. The molecule has 0 atom stereocenters. The molecule has 0 fully saturated rings. The van der Waals surface area contributed by atoms with Gasteiger partial charge < -0.3 is 15.1 Å². The summed E-state index contributed by atoms with van der Waals surface area (Å²) in [5.41, 5.74) is 3.06. The number of carbonyl (C=O) groups is 1. The van der Waals surface area contributed by atoms with Gasteiger partial charge in [-0.2, -0.15) is 15.0 Å². The summed E-state index contributed by atoms with van der Waals surface area (Å²) in [4.78, 5) is 28.8. The minimum Gasteiger partial charge on any atom is -0.347 e. The van der Waals surface area contributed by atoms with Gasteiger partial charge in [-0.1, -0.05) is 13.8 Å². The molecule has 0 bridgehead atoms. The van der Waals surface area contributed by atoms with Crippen LogP contribution in [0.2, 0.25) is 0 Å². The number of benzene rings is 1. The Kier molecular flexibility index (Phi) is 4.57. The quantitative estimate of drug-likeness (QED) is 0.922. The van der Waals surface area contributed by atoms with Crippen LogP contribution in [-0.2, 0) is 11.2 Å². The molecule has 1 aromatic heterocycles. The molecule has 1 amide bonds. The van der Waals surface area contributed by atoms with E-state index in [0.29, 0.717) is 11.9 Å². The van der Waals surface area contributed by atoms with Gasteiger partial charge in [0.05, 0.1) is 0 Å². The fraction of sp³-hybridized carbons (Fsp3) is 0.444. The lowest BCUT2D eigenvalue weighted by Crippen LogP contribution is -2.25. The van der Waals surface area contributed by atoms with Crippen LogP contribution >= 0.6 is 0 Å². The number of anilines is 4. The Balaban J connectivity index is 1.89. The highest BCUT2D eigenvalue weighted by Gasteiger charge is 2.22. The van der Waals surface area contributed by atoms with Gasteiger partial charge in [0, 0.05) is 44.9 Å². The van der Waals surface area contributed by atoms with Crippen LogP contribution in [0, 0.1) is 0 Å². The molecule has 1 aliphatic heterocycles. The van der Waals surface area contributed by atoms with Crippen molar-refractivity contribution in [3.8, 4) is 0 Å². The summed E-state index contributed by atoms with van der Waals surface area (Å²) in [6, 6.07) is 5.99. The first-order valence-corrected chi connectivity index (χ1v) is 8.46. The number of carbonyl (C=O) groups excluding carboxylic acids is 1. The molecule has 2 heterocycles. The number of nitrogens with zero attached hydrogens (tertiary/aromatic N) is 5. The zero-order valence-electron chi connectivity index (χ0n) is 15.4. The minimum absolute atomic E-state index is 0.0779. The molecule has 132 valence electrons. The topological polar surface area (TPSA) is 74.2 Å². The van der Waals surface area contributed by atoms with Crippen molar-refractivity contribution in [2.75, 3.05) is 35.8 Å². The van der Waals surface area contributed by atoms with Crippen molar-refractivity contribution in [1.29, 1.82) is 0 Å². The van der Waals surface area contributed by atoms with Gasteiger partial charge in [-0.3, -0.25) is 4.79 Å². The van der Waals surface area contributed by atoms with E-state index in [2.05, 4.69) is 40.2 Å². The molecule has 3 rings (SSSR count). The number of aromatic nitrogens is 3. The fourth-order valence-electron chi connectivity index (χ4n) is 2.83. The van der Waals surface area contributed by atoms with Gasteiger partial charge in [-0.25, -0.2) is 0 Å². The maximum Gasteiger partial charge on any atom is 0.232 e. The number of rotatable bonds is 4. The fourth-order valence-corrected chi connectivity index (χ4v) is 2.83. The largest absolute Gasteiger partial charge is 0.347 e. The van der Waals surface area contributed by atoms with E-state index in [1.807, 2.05) is 36.0 Å². The third-order valence-electron chi connectivity index (χ3n) is 4.17. The van der Waals surface area contributed by atoms with Crippen LogP contribution in [0.5, 0.6) is 0 Å². The van der Waals surface area contributed by atoms with E-state index in [1.54, 1.807) is 6.92 Å². The molecule has 7 nitrogen and oxygen atoms in total. The zero-order chi connectivity index (χ0) is 18.1. The van der Waals surface area contributed by atoms with Gasteiger partial charge in [0.2, 0.25) is 17.8 Å². The van der Waals surface area contributed by atoms with Crippen LogP contribution < -0.4 is 15.1 Å². The summed E-state index contributed by atoms with van der Waals surface area (Å²) < 4.78 is 0. The van der Waals surface area contributed by atoms with Crippen LogP contribution in [0.4, 0.5) is 23.3 Å². The van der Waals surface area contributed by atoms with Crippen molar-refractivity contribution < 1.29 is 4.79 Å². The van der Waals surface area contributed by atoms with E-state index >= 15 is 0 Å². The molecule has 1 aliphatic rings. The van der Waals surface area contributed by atoms with Crippen molar-refractivity contribution in [2.24, 2.45) is 0 Å². The van der Waals surface area contributed by atoms with E-state index in [0.717, 1.165) is 35.7 Å². The molecular weight excluding hydrogens is 316 g/mol. The van der Waals surface area contributed by atoms with Crippen LogP contribution in [0.25, 0.3) is 0 Å². The standard InChI is InChI=1S/C18H24N6O/c1-11(2)16-20-17(22-18(21-16)23(4)5)19-14-6-7-15-13(10-14)8-9-24(15)12(3)25/h6-7,10-11H,8-9H2,1-5H3,(H,19,20,21,22). The molecule has 2 aromatic rings. The molecule has 0 spiro atoms. The van der Waals surface area contributed by atoms with Crippen molar-refractivity contribution >= 4 is 29.2 Å². The SMILES string of the molecule is CC(=O)N1CCc2cc(Nc3nc(C(C)C)nc(N(C)C)n3)ccc21. The van der Waals surface area contributed by atoms with Crippen molar-refractivity contribution in [3.05, 3.63) is 29.6 Å². The average molecular weight is 340 g/mol. The smallest absolute Gasteiger partial charge is 0.232 e. The van der Waals surface area contributed by atoms with Gasteiger partial charge in [-0.15, -0.1) is 0 Å². The molecule has 1 aromatic carbocycles. The zero-order valence-corrected chi connectivity index (χ0v) is 15.4. The molecule has 0 aliphatic carbocycles. The van der Waals surface area contributed by atoms with Crippen LogP contribution in [0.1, 0.15) is 38.1 Å². The van der Waals surface area contributed by atoms with Crippen LogP contribution in [0.3, 0.4) is 0 Å². The maximum absolute atomic E-state index is 11.7. The summed E-state index contributed by atoms with van der Waals surface area (Å²) in [5.74, 6) is 2.21. The van der Waals surface area contributed by atoms with E-state index in [4.69, 9.17) is 0 Å². The average Bonchev–Trinajstić information content (AvgIpc) is 2.97. The molecule has 0 unspecified atom stereocenters. The molecule has 0 saturated carbocycles. The highest BCUT2D eigenvalue weighted by molar-refractivity contribution is 5.94. The molecule has 0 radical (unpaired) electrons. The van der Waals surface area contributed by atoms with E-state index < -0.39 is 0 Å². The number of hydrogen-bond donors (Lipinski definition) is 1. The first-order chi connectivity index (χ1) is 11.8. The maximum atomic E-state index is 11.7. The molecule has 7 heteroatoms. The van der Waals surface area contributed by atoms with Crippen molar-refractivity contribution in [2.45, 2.75) is 33.1 Å². The molecule has 25 heavy (non-hydrogen) atoms. The van der Waals surface area contributed by atoms with Crippen LogP contribution in [0.15, 0.2) is 18.2 Å². The Morgan fingerprint density at radius 2 is 2.00 bits per heavy atom. The predicted molar refractivity (Wildman–Crippen MR) is 99.7 cm³/mol. The Bertz CT molecular complexity index is 776. The Morgan fingerprint density at radius 3 is 2.64 bits per heavy atom. The summed E-state index contributed by atoms with van der Waals surface area (Å²) in [6.45, 7) is 6.46. The monoisotopic (exact) mass is 340 g/mol. The third kappa shape index (κ3) is 3.55. The van der Waals surface area contributed by atoms with Crippen molar-refractivity contribution in [1.82, 2.24) is 15.0 Å². The van der Waals surface area contributed by atoms with E-state index in [9.17, 15) is 4.79 Å². The Morgan fingerprint density at radius 1 is 1.24 bits per heavy atom. The van der Waals surface area contributed by atoms with Gasteiger partial charge in [0.25, 0.3) is 0 Å². The molecule has 1 N–H and O–H groups in total. The Hall–Kier alpha value is -2.70. The third-order valence-corrected chi connectivity index (χ3v) is 4.17. The first kappa shape index (κ1) is 17.1. The number of amides is 1. The van der Waals surface area contributed by atoms with E-state index in [-0.39, 0.29) is 11.8 Å². The lowest BCUT2D eigenvalue weighted by molar-refractivity contribution is -0.116. The number of hydrogen-bond acceptors (Lipinski definition) is 6. The second-order valence-electron chi connectivity index (χ2n) is 6.76. The highest BCUT2D eigenvalue weighted by atomic mass is 16.2. The first-order valence-electron chi connectivity index (χ1n) is 8.46. The second kappa shape index (κ2) is 6.66. The van der Waals surface area contributed by atoms with Gasteiger partial charge in [0.15, 0.2) is 0 Å². The molecular formula is C18H24N6O. The van der Waals surface area contributed by atoms with Crippen molar-refractivity contribution in [3.63, 3.8) is 0 Å². The normalized spacial score (nSPS) is 13.1. The Labute approximate surface area is 148 Å². The predicted octanol–water partition coefficient (Wildman–Crippen LogP) is 2.71. The minimum atomic E-state index is 0.0779. The lowest BCUT2D eigenvalue weighted by atomic mass is 10.1. The molecule has 0 saturated heterocycles. The summed E-state index contributed by atoms with van der Waals surface area (Å²) in [6.07, 6.45) is 0.863.